The summed E-state index contributed by atoms with van der Waals surface area (Å²) in [5.41, 5.74) is 0.579. The Morgan fingerprint density at radius 3 is 2.57 bits per heavy atom. The molecule has 0 atom stereocenters. The highest BCUT2D eigenvalue weighted by atomic mass is 35.5. The standard InChI is InChI=1S/C18H15Cl3N4O2S/c1-25-16(9-27-13-5-2-11(19)3-6-13)23-24-18(25)28-10-17(26)22-12-4-7-14(20)15(21)8-12/h2-8H,9-10H2,1H3,(H,22,26). The number of aromatic nitrogens is 3. The molecule has 0 saturated heterocycles. The summed E-state index contributed by atoms with van der Waals surface area (Å²) in [6.07, 6.45) is 0. The third kappa shape index (κ3) is 5.54. The van der Waals surface area contributed by atoms with Gasteiger partial charge in [0, 0.05) is 17.8 Å². The largest absolute Gasteiger partial charge is 0.486 e. The molecule has 1 aromatic heterocycles. The van der Waals surface area contributed by atoms with E-state index < -0.39 is 0 Å². The van der Waals surface area contributed by atoms with E-state index in [-0.39, 0.29) is 18.3 Å². The van der Waals surface area contributed by atoms with Gasteiger partial charge in [0.1, 0.15) is 12.4 Å². The van der Waals surface area contributed by atoms with Crippen LogP contribution in [0.2, 0.25) is 15.1 Å². The monoisotopic (exact) mass is 456 g/mol. The molecule has 0 fully saturated rings. The first-order chi connectivity index (χ1) is 13.4. The van der Waals surface area contributed by atoms with Gasteiger partial charge < -0.3 is 14.6 Å². The molecule has 0 aliphatic heterocycles. The Labute approximate surface area is 181 Å². The van der Waals surface area contributed by atoms with E-state index in [9.17, 15) is 4.79 Å². The Kier molecular flexibility index (Phi) is 7.07. The van der Waals surface area contributed by atoms with E-state index >= 15 is 0 Å². The van der Waals surface area contributed by atoms with Gasteiger partial charge in [0.05, 0.1) is 15.8 Å². The first-order valence-corrected chi connectivity index (χ1v) is 10.2. The number of carbonyl (C=O) groups is 1. The van der Waals surface area contributed by atoms with Gasteiger partial charge in [-0.2, -0.15) is 0 Å². The highest BCUT2D eigenvalue weighted by molar-refractivity contribution is 7.99. The molecule has 0 bridgehead atoms. The average molecular weight is 458 g/mol. The van der Waals surface area contributed by atoms with Gasteiger partial charge >= 0.3 is 0 Å². The number of anilines is 1. The minimum atomic E-state index is -0.189. The van der Waals surface area contributed by atoms with Gasteiger partial charge in [0.2, 0.25) is 5.91 Å². The van der Waals surface area contributed by atoms with Gasteiger partial charge in [0.15, 0.2) is 11.0 Å². The van der Waals surface area contributed by atoms with Crippen molar-refractivity contribution >= 4 is 58.2 Å². The molecule has 3 rings (SSSR count). The van der Waals surface area contributed by atoms with E-state index in [1.165, 1.54) is 11.8 Å². The Balaban J connectivity index is 1.52. The molecule has 1 N–H and O–H groups in total. The van der Waals surface area contributed by atoms with Crippen LogP contribution in [0.25, 0.3) is 0 Å². The Hall–Kier alpha value is -1.93. The zero-order valence-electron chi connectivity index (χ0n) is 14.7. The van der Waals surface area contributed by atoms with Gasteiger partial charge in [-0.15, -0.1) is 10.2 Å². The van der Waals surface area contributed by atoms with Crippen molar-refractivity contribution in [2.45, 2.75) is 11.8 Å². The Bertz CT molecular complexity index is 979. The predicted molar refractivity (Wildman–Crippen MR) is 113 cm³/mol. The van der Waals surface area contributed by atoms with Crippen molar-refractivity contribution in [3.05, 3.63) is 63.4 Å². The molecule has 28 heavy (non-hydrogen) atoms. The summed E-state index contributed by atoms with van der Waals surface area (Å²) in [6.45, 7) is 0.251. The van der Waals surface area contributed by atoms with Crippen LogP contribution in [0, 0.1) is 0 Å². The molecular formula is C18H15Cl3N4O2S. The number of nitrogens with one attached hydrogen (secondary N) is 1. The van der Waals surface area contributed by atoms with E-state index in [0.717, 1.165) is 0 Å². The molecular weight excluding hydrogens is 443 g/mol. The quantitative estimate of drug-likeness (QED) is 0.501. The number of halogens is 3. The number of benzene rings is 2. The van der Waals surface area contributed by atoms with Crippen LogP contribution in [0.3, 0.4) is 0 Å². The predicted octanol–water partition coefficient (Wildman–Crippen LogP) is 5.09. The fourth-order valence-corrected chi connectivity index (χ4v) is 3.33. The van der Waals surface area contributed by atoms with Crippen LogP contribution in [-0.2, 0) is 18.4 Å². The minimum absolute atomic E-state index is 0.171. The van der Waals surface area contributed by atoms with Crippen molar-refractivity contribution in [2.75, 3.05) is 11.1 Å². The number of rotatable bonds is 7. The van der Waals surface area contributed by atoms with Gasteiger partial charge in [-0.25, -0.2) is 0 Å². The number of hydrogen-bond acceptors (Lipinski definition) is 5. The fraction of sp³-hybridized carbons (Fsp3) is 0.167. The zero-order chi connectivity index (χ0) is 20.1. The molecule has 0 saturated carbocycles. The maximum atomic E-state index is 12.1. The van der Waals surface area contributed by atoms with Gasteiger partial charge in [-0.05, 0) is 42.5 Å². The molecule has 0 unspecified atom stereocenters. The SMILES string of the molecule is Cn1c(COc2ccc(Cl)cc2)nnc1SCC(=O)Nc1ccc(Cl)c(Cl)c1. The van der Waals surface area contributed by atoms with Crippen LogP contribution in [-0.4, -0.2) is 26.4 Å². The Morgan fingerprint density at radius 1 is 1.11 bits per heavy atom. The normalized spacial score (nSPS) is 10.7. The third-order valence-electron chi connectivity index (χ3n) is 3.64. The minimum Gasteiger partial charge on any atom is -0.486 e. The lowest BCUT2D eigenvalue weighted by atomic mass is 10.3. The Morgan fingerprint density at radius 2 is 1.86 bits per heavy atom. The van der Waals surface area contributed by atoms with Crippen molar-refractivity contribution in [1.29, 1.82) is 0 Å². The van der Waals surface area contributed by atoms with E-state index in [0.29, 0.717) is 37.5 Å². The molecule has 10 heteroatoms. The lowest BCUT2D eigenvalue weighted by Crippen LogP contribution is -2.14. The van der Waals surface area contributed by atoms with Crippen LogP contribution < -0.4 is 10.1 Å². The van der Waals surface area contributed by atoms with Crippen molar-refractivity contribution in [2.24, 2.45) is 7.05 Å². The number of carbonyl (C=O) groups excluding carboxylic acids is 1. The number of thioether (sulfide) groups is 1. The van der Waals surface area contributed by atoms with Crippen LogP contribution >= 0.6 is 46.6 Å². The molecule has 1 heterocycles. The summed E-state index contributed by atoms with van der Waals surface area (Å²) in [5, 5.41) is 13.0. The number of ether oxygens (including phenoxy) is 1. The second-order valence-corrected chi connectivity index (χ2v) is 7.86. The second-order valence-electron chi connectivity index (χ2n) is 5.67. The zero-order valence-corrected chi connectivity index (χ0v) is 17.7. The van der Waals surface area contributed by atoms with Crippen molar-refractivity contribution in [1.82, 2.24) is 14.8 Å². The fourth-order valence-electron chi connectivity index (χ4n) is 2.18. The first-order valence-electron chi connectivity index (χ1n) is 8.06. The van der Waals surface area contributed by atoms with Crippen LogP contribution in [0.4, 0.5) is 5.69 Å². The molecule has 0 aliphatic rings. The lowest BCUT2D eigenvalue weighted by molar-refractivity contribution is -0.113. The molecule has 0 aliphatic carbocycles. The summed E-state index contributed by atoms with van der Waals surface area (Å²) in [7, 11) is 1.82. The molecule has 146 valence electrons. The maximum absolute atomic E-state index is 12.1. The van der Waals surface area contributed by atoms with E-state index in [1.807, 2.05) is 7.05 Å². The molecule has 6 nitrogen and oxygen atoms in total. The molecule has 0 spiro atoms. The highest BCUT2D eigenvalue weighted by Crippen LogP contribution is 2.25. The van der Waals surface area contributed by atoms with Crippen LogP contribution in [0.5, 0.6) is 5.75 Å². The van der Waals surface area contributed by atoms with E-state index in [4.69, 9.17) is 39.5 Å². The second kappa shape index (κ2) is 9.52. The number of nitrogens with zero attached hydrogens (tertiary/aromatic N) is 3. The lowest BCUT2D eigenvalue weighted by Gasteiger charge is -2.07. The summed E-state index contributed by atoms with van der Waals surface area (Å²) >= 11 is 18.9. The van der Waals surface area contributed by atoms with Crippen molar-refractivity contribution in [3.8, 4) is 5.75 Å². The van der Waals surface area contributed by atoms with Gasteiger partial charge in [0.25, 0.3) is 0 Å². The third-order valence-corrected chi connectivity index (χ3v) is 5.65. The van der Waals surface area contributed by atoms with Gasteiger partial charge in [-0.3, -0.25) is 4.79 Å². The topological polar surface area (TPSA) is 69.0 Å². The summed E-state index contributed by atoms with van der Waals surface area (Å²) in [4.78, 5) is 12.1. The van der Waals surface area contributed by atoms with Crippen LogP contribution in [0.15, 0.2) is 47.6 Å². The smallest absolute Gasteiger partial charge is 0.234 e. The molecule has 2 aromatic carbocycles. The molecule has 1 amide bonds. The van der Waals surface area contributed by atoms with Crippen LogP contribution in [0.1, 0.15) is 5.82 Å². The summed E-state index contributed by atoms with van der Waals surface area (Å²) in [5.74, 6) is 1.31. The summed E-state index contributed by atoms with van der Waals surface area (Å²) < 4.78 is 7.46. The number of hydrogen-bond donors (Lipinski definition) is 1. The summed E-state index contributed by atoms with van der Waals surface area (Å²) in [6, 6.07) is 12.0. The van der Waals surface area contributed by atoms with E-state index in [1.54, 1.807) is 47.0 Å². The first kappa shape index (κ1) is 20.8. The number of amides is 1. The average Bonchev–Trinajstić information content (AvgIpc) is 3.02. The molecule has 0 radical (unpaired) electrons. The van der Waals surface area contributed by atoms with Gasteiger partial charge in [-0.1, -0.05) is 46.6 Å². The van der Waals surface area contributed by atoms with E-state index in [2.05, 4.69) is 15.5 Å². The van der Waals surface area contributed by atoms with Crippen molar-refractivity contribution in [3.63, 3.8) is 0 Å². The molecule has 3 aromatic rings. The maximum Gasteiger partial charge on any atom is 0.234 e. The van der Waals surface area contributed by atoms with Crippen molar-refractivity contribution < 1.29 is 9.53 Å². The highest BCUT2D eigenvalue weighted by Gasteiger charge is 2.12.